The Morgan fingerprint density at radius 1 is 1.05 bits per heavy atom. The number of carbonyl (C=O) groups is 1. The van der Waals surface area contributed by atoms with E-state index in [1.807, 2.05) is 0 Å². The fourth-order valence-corrected chi connectivity index (χ4v) is 4.29. The first-order chi connectivity index (χ1) is 18.6. The Morgan fingerprint density at radius 3 is 2.51 bits per heavy atom. The van der Waals surface area contributed by atoms with Crippen molar-refractivity contribution in [3.8, 4) is 16.9 Å². The summed E-state index contributed by atoms with van der Waals surface area (Å²) in [6.45, 7) is 1.71. The molecule has 206 valence electrons. The third-order valence-electron chi connectivity index (χ3n) is 6.06. The number of halogens is 4. The molecule has 0 saturated heterocycles. The topological polar surface area (TPSA) is 83.9 Å². The molecule has 4 rings (SSSR count). The number of hydrogen-bond acceptors (Lipinski definition) is 6. The first-order valence-corrected chi connectivity index (χ1v) is 12.1. The molecular formula is C29H27F4NO5. The predicted molar refractivity (Wildman–Crippen MR) is 136 cm³/mol. The monoisotopic (exact) mass is 545 g/mol. The number of methoxy groups -OCH3 is 1. The highest BCUT2D eigenvalue weighted by atomic mass is 19.4. The van der Waals surface area contributed by atoms with Crippen LogP contribution in [0.5, 0.6) is 5.75 Å². The molecule has 0 bridgehead atoms. The summed E-state index contributed by atoms with van der Waals surface area (Å²) in [5.41, 5.74) is 5.83. The highest BCUT2D eigenvalue weighted by Crippen LogP contribution is 2.41. The molecule has 0 saturated carbocycles. The Balaban J connectivity index is 1.68. The molecule has 1 aromatic heterocycles. The van der Waals surface area contributed by atoms with E-state index >= 15 is 4.39 Å². The number of rotatable bonds is 10. The minimum Gasteiger partial charge on any atom is -0.489 e. The summed E-state index contributed by atoms with van der Waals surface area (Å²) in [7, 11) is 1.50. The van der Waals surface area contributed by atoms with E-state index in [0.717, 1.165) is 0 Å². The number of fused-ring (bicyclic) bond motifs is 1. The number of benzene rings is 3. The molecule has 0 aliphatic rings. The summed E-state index contributed by atoms with van der Waals surface area (Å²) in [5.74, 6) is -0.770. The van der Waals surface area contributed by atoms with Crippen molar-refractivity contribution in [1.29, 1.82) is 0 Å². The Morgan fingerprint density at radius 2 is 1.79 bits per heavy atom. The van der Waals surface area contributed by atoms with Crippen molar-refractivity contribution < 1.29 is 41.0 Å². The van der Waals surface area contributed by atoms with Gasteiger partial charge in [0, 0.05) is 41.3 Å². The predicted octanol–water partition coefficient (Wildman–Crippen LogP) is 6.42. The molecule has 1 heterocycles. The maximum atomic E-state index is 15.2. The van der Waals surface area contributed by atoms with Gasteiger partial charge in [-0.25, -0.2) is 4.39 Å². The third kappa shape index (κ3) is 6.40. The number of ether oxygens (including phenoxy) is 3. The molecule has 0 amide bonds. The van der Waals surface area contributed by atoms with Crippen molar-refractivity contribution in [3.05, 3.63) is 88.9 Å². The van der Waals surface area contributed by atoms with Crippen LogP contribution in [0.1, 0.15) is 29.2 Å². The van der Waals surface area contributed by atoms with E-state index < -0.39 is 29.6 Å². The first kappa shape index (κ1) is 28.1. The van der Waals surface area contributed by atoms with Crippen LogP contribution in [-0.4, -0.2) is 25.8 Å². The highest BCUT2D eigenvalue weighted by molar-refractivity contribution is 5.95. The molecule has 0 fully saturated rings. The molecule has 0 radical (unpaired) electrons. The zero-order chi connectivity index (χ0) is 28.2. The van der Waals surface area contributed by atoms with Crippen molar-refractivity contribution in [2.75, 3.05) is 13.7 Å². The van der Waals surface area contributed by atoms with E-state index in [4.69, 9.17) is 24.4 Å². The average molecular weight is 546 g/mol. The molecule has 0 aliphatic heterocycles. The van der Waals surface area contributed by atoms with E-state index in [1.165, 1.54) is 31.4 Å². The lowest BCUT2D eigenvalue weighted by molar-refractivity contribution is -0.149. The number of alkyl halides is 3. The van der Waals surface area contributed by atoms with Crippen LogP contribution in [0.2, 0.25) is 0 Å². The molecule has 0 aliphatic carbocycles. The second-order valence-electron chi connectivity index (χ2n) is 8.98. The molecule has 10 heteroatoms. The fourth-order valence-electron chi connectivity index (χ4n) is 4.29. The van der Waals surface area contributed by atoms with Crippen LogP contribution in [0, 0.1) is 5.82 Å². The summed E-state index contributed by atoms with van der Waals surface area (Å²) < 4.78 is 78.0. The van der Waals surface area contributed by atoms with Crippen LogP contribution >= 0.6 is 0 Å². The van der Waals surface area contributed by atoms with Gasteiger partial charge in [-0.15, -0.1) is 0 Å². The van der Waals surface area contributed by atoms with E-state index in [0.29, 0.717) is 23.1 Å². The SMILES string of the molecule is COCC(C)OC(=O)Cc1ccccc1OCc1cc(-c2cccc(CN)c2F)c2occ(C(F)(F)F)c2c1. The summed E-state index contributed by atoms with van der Waals surface area (Å²) in [6, 6.07) is 14.1. The zero-order valence-corrected chi connectivity index (χ0v) is 21.3. The molecule has 6 nitrogen and oxygen atoms in total. The minimum absolute atomic E-state index is 0.0567. The van der Waals surface area contributed by atoms with Crippen molar-refractivity contribution in [2.24, 2.45) is 5.73 Å². The molecular weight excluding hydrogens is 518 g/mol. The second kappa shape index (κ2) is 11.9. The van der Waals surface area contributed by atoms with Crippen LogP contribution in [0.3, 0.4) is 0 Å². The normalized spacial score (nSPS) is 12.5. The Kier molecular flexibility index (Phi) is 8.57. The first-order valence-electron chi connectivity index (χ1n) is 12.1. The van der Waals surface area contributed by atoms with Gasteiger partial charge in [0.2, 0.25) is 0 Å². The average Bonchev–Trinajstić information content (AvgIpc) is 3.33. The van der Waals surface area contributed by atoms with Gasteiger partial charge in [0.1, 0.15) is 41.7 Å². The molecule has 3 aromatic carbocycles. The van der Waals surface area contributed by atoms with Crippen LogP contribution in [0.4, 0.5) is 17.6 Å². The third-order valence-corrected chi connectivity index (χ3v) is 6.06. The number of para-hydroxylation sites is 1. The van der Waals surface area contributed by atoms with E-state index in [9.17, 15) is 18.0 Å². The molecule has 39 heavy (non-hydrogen) atoms. The van der Waals surface area contributed by atoms with Gasteiger partial charge >= 0.3 is 12.1 Å². The highest BCUT2D eigenvalue weighted by Gasteiger charge is 2.35. The summed E-state index contributed by atoms with van der Waals surface area (Å²) in [6.07, 6.45) is -4.58. The maximum absolute atomic E-state index is 15.2. The van der Waals surface area contributed by atoms with Crippen LogP contribution < -0.4 is 10.5 Å². The standard InChI is InChI=1S/C29H27F4NO5/c1-17(14-36-2)39-26(35)12-19-6-3-4-9-25(19)37-15-18-10-22(21-8-5-7-20(13-34)27(21)30)28-23(11-18)24(16-38-28)29(31,32)33/h3-11,16-17H,12-15,34H2,1-2H3. The van der Waals surface area contributed by atoms with E-state index in [2.05, 4.69) is 0 Å². The maximum Gasteiger partial charge on any atom is 0.420 e. The van der Waals surface area contributed by atoms with Crippen LogP contribution in [0.15, 0.2) is 65.3 Å². The van der Waals surface area contributed by atoms with Crippen molar-refractivity contribution in [1.82, 2.24) is 0 Å². The summed E-state index contributed by atoms with van der Waals surface area (Å²) >= 11 is 0. The lowest BCUT2D eigenvalue weighted by atomic mass is 9.97. The summed E-state index contributed by atoms with van der Waals surface area (Å²) in [5, 5.41) is -0.222. The quantitative estimate of drug-likeness (QED) is 0.183. The number of esters is 1. The van der Waals surface area contributed by atoms with Crippen molar-refractivity contribution in [2.45, 2.75) is 38.8 Å². The lowest BCUT2D eigenvalue weighted by Gasteiger charge is -2.15. The lowest BCUT2D eigenvalue weighted by Crippen LogP contribution is -2.21. The fraction of sp³-hybridized carbons (Fsp3) is 0.276. The van der Waals surface area contributed by atoms with Crippen molar-refractivity contribution >= 4 is 16.9 Å². The minimum atomic E-state index is -4.69. The molecule has 2 N–H and O–H groups in total. The smallest absolute Gasteiger partial charge is 0.420 e. The van der Waals surface area contributed by atoms with Gasteiger partial charge in [0.15, 0.2) is 0 Å². The van der Waals surface area contributed by atoms with Crippen LogP contribution in [0.25, 0.3) is 22.1 Å². The number of hydrogen-bond donors (Lipinski definition) is 1. The number of carbonyl (C=O) groups excluding carboxylic acids is 1. The van der Waals surface area contributed by atoms with Gasteiger partial charge in [0.05, 0.1) is 13.0 Å². The Labute approximate surface area is 222 Å². The van der Waals surface area contributed by atoms with E-state index in [1.54, 1.807) is 37.3 Å². The molecule has 4 aromatic rings. The molecule has 1 unspecified atom stereocenters. The zero-order valence-electron chi connectivity index (χ0n) is 21.3. The number of furan rings is 1. The largest absolute Gasteiger partial charge is 0.489 e. The van der Waals surface area contributed by atoms with Crippen molar-refractivity contribution in [3.63, 3.8) is 0 Å². The van der Waals surface area contributed by atoms with Gasteiger partial charge in [-0.1, -0.05) is 36.4 Å². The van der Waals surface area contributed by atoms with Gasteiger partial charge in [-0.2, -0.15) is 13.2 Å². The second-order valence-corrected chi connectivity index (χ2v) is 8.98. The Bertz CT molecular complexity index is 1460. The van der Waals surface area contributed by atoms with E-state index in [-0.39, 0.29) is 53.8 Å². The molecule has 0 spiro atoms. The molecule has 1 atom stereocenters. The summed E-state index contributed by atoms with van der Waals surface area (Å²) in [4.78, 5) is 12.4. The van der Waals surface area contributed by atoms with Gasteiger partial charge < -0.3 is 24.4 Å². The van der Waals surface area contributed by atoms with Gasteiger partial charge in [-0.05, 0) is 30.7 Å². The van der Waals surface area contributed by atoms with Gasteiger partial charge in [0.25, 0.3) is 0 Å². The van der Waals surface area contributed by atoms with Crippen LogP contribution in [-0.2, 0) is 40.0 Å². The van der Waals surface area contributed by atoms with Gasteiger partial charge in [-0.3, -0.25) is 4.79 Å². The number of nitrogens with two attached hydrogens (primary N) is 1. The Hall–Kier alpha value is -3.89.